The molecule has 10 aromatic carbocycles. The van der Waals surface area contributed by atoms with Crippen molar-refractivity contribution in [2.75, 3.05) is 4.90 Å². The van der Waals surface area contributed by atoms with E-state index in [9.17, 15) is 0 Å². The zero-order valence-corrected chi connectivity index (χ0v) is 34.6. The summed E-state index contributed by atoms with van der Waals surface area (Å²) in [6.07, 6.45) is 0. The average Bonchev–Trinajstić information content (AvgIpc) is 3.86. The minimum absolute atomic E-state index is 0.507. The Morgan fingerprint density at radius 1 is 0.302 bits per heavy atom. The van der Waals surface area contributed by atoms with Crippen LogP contribution in [0.1, 0.15) is 22.3 Å². The van der Waals surface area contributed by atoms with Gasteiger partial charge in [-0.15, -0.1) is 0 Å². The Bertz CT molecular complexity index is 3350. The van der Waals surface area contributed by atoms with Crippen LogP contribution in [0.3, 0.4) is 0 Å². The van der Waals surface area contributed by atoms with Crippen LogP contribution in [0.2, 0.25) is 0 Å². The molecule has 0 fully saturated rings. The van der Waals surface area contributed by atoms with Gasteiger partial charge in [-0.1, -0.05) is 194 Å². The van der Waals surface area contributed by atoms with Gasteiger partial charge in [-0.3, -0.25) is 0 Å². The lowest BCUT2D eigenvalue weighted by Crippen LogP contribution is -2.28. The number of fused-ring (bicyclic) bond motifs is 6. The van der Waals surface area contributed by atoms with Crippen LogP contribution in [0.15, 0.2) is 255 Å². The van der Waals surface area contributed by atoms with E-state index in [1.807, 2.05) is 0 Å². The van der Waals surface area contributed by atoms with Crippen LogP contribution >= 0.6 is 0 Å². The van der Waals surface area contributed by atoms with Crippen molar-refractivity contribution in [1.29, 1.82) is 0 Å². The van der Waals surface area contributed by atoms with Crippen molar-refractivity contribution in [2.45, 2.75) is 5.41 Å². The van der Waals surface area contributed by atoms with Crippen molar-refractivity contribution < 1.29 is 0 Å². The summed E-state index contributed by atoms with van der Waals surface area (Å²) in [5, 5.41) is 2.53. The topological polar surface area (TPSA) is 8.17 Å². The van der Waals surface area contributed by atoms with E-state index in [-0.39, 0.29) is 0 Å². The van der Waals surface area contributed by atoms with Gasteiger partial charge in [0.25, 0.3) is 0 Å². The molecule has 1 heterocycles. The monoisotopic (exact) mass is 802 g/mol. The smallest absolute Gasteiger partial charge is 0.0714 e. The van der Waals surface area contributed by atoms with E-state index in [0.29, 0.717) is 0 Å². The van der Waals surface area contributed by atoms with Crippen LogP contribution in [0, 0.1) is 0 Å². The molecule has 0 unspecified atom stereocenters. The van der Waals surface area contributed by atoms with Gasteiger partial charge in [0.2, 0.25) is 0 Å². The molecule has 12 rings (SSSR count). The Hall–Kier alpha value is -8.20. The highest BCUT2D eigenvalue weighted by Gasteiger charge is 2.46. The van der Waals surface area contributed by atoms with Crippen molar-refractivity contribution in [1.82, 2.24) is 4.57 Å². The first kappa shape index (κ1) is 36.6. The fourth-order valence-electron chi connectivity index (χ4n) is 10.3. The first-order valence-corrected chi connectivity index (χ1v) is 21.8. The summed E-state index contributed by atoms with van der Waals surface area (Å²) in [4.78, 5) is 2.42. The minimum Gasteiger partial charge on any atom is -0.310 e. The average molecular weight is 803 g/mol. The summed E-state index contributed by atoms with van der Waals surface area (Å²) in [6.45, 7) is 0. The quantitative estimate of drug-likeness (QED) is 0.149. The standard InChI is InChI=1S/C61H42N2/c1-3-18-43(19-4-1)45-20-15-25-50(40-45)62(49-38-36-44(37-39-49)46-21-16-26-51(41-46)63-59-34-13-9-30-55(59)56-31-10-14-35-60(56)63)52-27-17-24-48(42-52)61(47-22-5-2-6-23-47)57-32-11-7-28-53(57)54-29-8-12-33-58(54)61/h1-42H. The van der Waals surface area contributed by atoms with Gasteiger partial charge in [0.15, 0.2) is 0 Å². The van der Waals surface area contributed by atoms with Gasteiger partial charge < -0.3 is 9.47 Å². The Kier molecular flexibility index (Phi) is 8.76. The van der Waals surface area contributed by atoms with E-state index in [1.165, 1.54) is 71.9 Å². The second-order valence-electron chi connectivity index (χ2n) is 16.5. The lowest BCUT2D eigenvalue weighted by Gasteiger charge is -2.35. The lowest BCUT2D eigenvalue weighted by molar-refractivity contribution is 0.768. The molecular weight excluding hydrogens is 761 g/mol. The molecule has 1 aliphatic rings. The van der Waals surface area contributed by atoms with E-state index >= 15 is 0 Å². The molecule has 296 valence electrons. The van der Waals surface area contributed by atoms with Crippen molar-refractivity contribution in [3.8, 4) is 39.1 Å². The Morgan fingerprint density at radius 3 is 1.44 bits per heavy atom. The van der Waals surface area contributed by atoms with Crippen molar-refractivity contribution >= 4 is 38.9 Å². The molecule has 0 saturated heterocycles. The molecule has 0 N–H and O–H groups in total. The largest absolute Gasteiger partial charge is 0.310 e. The maximum atomic E-state index is 2.42. The van der Waals surface area contributed by atoms with Gasteiger partial charge in [0, 0.05) is 33.5 Å². The van der Waals surface area contributed by atoms with Gasteiger partial charge in [-0.05, 0) is 116 Å². The fraction of sp³-hybridized carbons (Fsp3) is 0.0164. The predicted octanol–water partition coefficient (Wildman–Crippen LogP) is 16.0. The van der Waals surface area contributed by atoms with Crippen LogP contribution in [0.25, 0.3) is 60.9 Å². The summed E-state index contributed by atoms with van der Waals surface area (Å²) in [7, 11) is 0. The van der Waals surface area contributed by atoms with Gasteiger partial charge in [-0.25, -0.2) is 0 Å². The van der Waals surface area contributed by atoms with Crippen molar-refractivity contribution in [3.05, 3.63) is 277 Å². The Labute approximate surface area is 368 Å². The summed E-state index contributed by atoms with van der Waals surface area (Å²) in [5.41, 5.74) is 18.7. The first-order chi connectivity index (χ1) is 31.3. The SMILES string of the molecule is c1ccc(-c2cccc(N(c3ccc(-c4cccc(-n5c6ccccc6c6ccccc65)c4)cc3)c3cccc(C4(c5ccccc5)c5ccccc5-c5ccccc54)c3)c2)cc1. The van der Waals surface area contributed by atoms with E-state index in [1.54, 1.807) is 0 Å². The first-order valence-electron chi connectivity index (χ1n) is 21.8. The highest BCUT2D eigenvalue weighted by atomic mass is 15.1. The second-order valence-corrected chi connectivity index (χ2v) is 16.5. The normalized spacial score (nSPS) is 12.6. The molecule has 0 amide bonds. The van der Waals surface area contributed by atoms with Crippen LogP contribution in [-0.2, 0) is 5.41 Å². The molecule has 2 heteroatoms. The molecule has 1 aliphatic carbocycles. The van der Waals surface area contributed by atoms with E-state index < -0.39 is 5.41 Å². The number of nitrogens with zero attached hydrogens (tertiary/aromatic N) is 2. The van der Waals surface area contributed by atoms with Crippen molar-refractivity contribution in [3.63, 3.8) is 0 Å². The number of rotatable bonds is 8. The minimum atomic E-state index is -0.507. The zero-order valence-electron chi connectivity index (χ0n) is 34.6. The van der Waals surface area contributed by atoms with Gasteiger partial charge >= 0.3 is 0 Å². The number of hydrogen-bond donors (Lipinski definition) is 0. The maximum absolute atomic E-state index is 2.42. The summed E-state index contributed by atoms with van der Waals surface area (Å²) in [6, 6.07) is 93.2. The molecule has 0 saturated carbocycles. The van der Waals surface area contributed by atoms with Gasteiger partial charge in [-0.2, -0.15) is 0 Å². The highest BCUT2D eigenvalue weighted by molar-refractivity contribution is 6.09. The van der Waals surface area contributed by atoms with E-state index in [2.05, 4.69) is 264 Å². The Balaban J connectivity index is 1.01. The van der Waals surface area contributed by atoms with Crippen LogP contribution in [0.4, 0.5) is 17.1 Å². The molecule has 63 heavy (non-hydrogen) atoms. The summed E-state index contributed by atoms with van der Waals surface area (Å²) in [5.74, 6) is 0. The molecule has 11 aromatic rings. The van der Waals surface area contributed by atoms with E-state index in [0.717, 1.165) is 28.3 Å². The number of anilines is 3. The molecule has 2 nitrogen and oxygen atoms in total. The van der Waals surface area contributed by atoms with Gasteiger partial charge in [0.05, 0.1) is 16.4 Å². The van der Waals surface area contributed by atoms with Crippen LogP contribution < -0.4 is 4.90 Å². The maximum Gasteiger partial charge on any atom is 0.0714 e. The zero-order chi connectivity index (χ0) is 41.7. The molecule has 0 atom stereocenters. The van der Waals surface area contributed by atoms with Crippen LogP contribution in [0.5, 0.6) is 0 Å². The third-order valence-electron chi connectivity index (χ3n) is 13.1. The number of hydrogen-bond acceptors (Lipinski definition) is 1. The van der Waals surface area contributed by atoms with E-state index in [4.69, 9.17) is 0 Å². The molecule has 0 radical (unpaired) electrons. The third-order valence-corrected chi connectivity index (χ3v) is 13.1. The number of para-hydroxylation sites is 2. The van der Waals surface area contributed by atoms with Crippen LogP contribution in [-0.4, -0.2) is 4.57 Å². The molecule has 0 bridgehead atoms. The number of aromatic nitrogens is 1. The lowest BCUT2D eigenvalue weighted by atomic mass is 9.67. The fourth-order valence-corrected chi connectivity index (χ4v) is 10.3. The third kappa shape index (κ3) is 5.95. The summed E-state index contributed by atoms with van der Waals surface area (Å²) < 4.78 is 2.39. The summed E-state index contributed by atoms with van der Waals surface area (Å²) >= 11 is 0. The molecular formula is C61H42N2. The molecule has 0 aliphatic heterocycles. The molecule has 0 spiro atoms. The van der Waals surface area contributed by atoms with Gasteiger partial charge in [0.1, 0.15) is 0 Å². The molecule has 1 aromatic heterocycles. The number of benzene rings is 10. The Morgan fingerprint density at radius 2 is 0.778 bits per heavy atom. The second kappa shape index (κ2) is 15.1. The predicted molar refractivity (Wildman–Crippen MR) is 264 cm³/mol. The highest BCUT2D eigenvalue weighted by Crippen LogP contribution is 2.56. The van der Waals surface area contributed by atoms with Crippen molar-refractivity contribution in [2.24, 2.45) is 0 Å².